The van der Waals surface area contributed by atoms with Crippen LogP contribution in [0.4, 0.5) is 0 Å². The molecular weight excluding hydrogens is 298 g/mol. The summed E-state index contributed by atoms with van der Waals surface area (Å²) in [6.45, 7) is 5.96. The molecule has 0 bridgehead atoms. The summed E-state index contributed by atoms with van der Waals surface area (Å²) in [5.41, 5.74) is 0. The van der Waals surface area contributed by atoms with Gasteiger partial charge in [-0.3, -0.25) is 9.69 Å². The lowest BCUT2D eigenvalue weighted by molar-refractivity contribution is -0.138. The van der Waals surface area contributed by atoms with Crippen molar-refractivity contribution in [2.45, 2.75) is 26.1 Å². The zero-order chi connectivity index (χ0) is 15.6. The Kier molecular flexibility index (Phi) is 5.20. The normalized spacial score (nSPS) is 30.4. The maximum Gasteiger partial charge on any atom is 0.317 e. The highest BCUT2D eigenvalue weighted by Gasteiger charge is 2.36. The second-order valence-electron chi connectivity index (χ2n) is 5.65. The first kappa shape index (κ1) is 16.6. The number of carbonyl (C=O) groups is 1. The monoisotopic (exact) mass is 321 g/mol. The maximum atomic E-state index is 12.6. The molecule has 2 saturated heterocycles. The van der Waals surface area contributed by atoms with E-state index < -0.39 is 16.2 Å². The Bertz CT molecular complexity index is 465. The predicted octanol–water partition coefficient (Wildman–Crippen LogP) is -0.957. The van der Waals surface area contributed by atoms with Crippen LogP contribution in [0.25, 0.3) is 0 Å². The molecule has 2 heterocycles. The summed E-state index contributed by atoms with van der Waals surface area (Å²) in [5, 5.41) is 8.76. The third-order valence-corrected chi connectivity index (χ3v) is 5.70. The van der Waals surface area contributed by atoms with Gasteiger partial charge >= 0.3 is 5.97 Å². The standard InChI is InChI=1S/C12H23N3O5S/c1-10-7-15(8-11(2)20-10)21(18,19)14-5-3-13(4-6-14)9-12(16)17/h10-11H,3-9H2,1-2H3,(H,16,17)/t10-,11-/m1/s1. The Morgan fingerprint density at radius 2 is 1.62 bits per heavy atom. The van der Waals surface area contributed by atoms with Crippen LogP contribution in [-0.2, 0) is 19.7 Å². The van der Waals surface area contributed by atoms with Gasteiger partial charge in [-0.05, 0) is 13.8 Å². The van der Waals surface area contributed by atoms with Gasteiger partial charge in [0.25, 0.3) is 10.2 Å². The SMILES string of the molecule is C[C@@H]1CN(S(=O)(=O)N2CCN(CC(=O)O)CC2)C[C@@H](C)O1. The van der Waals surface area contributed by atoms with Crippen LogP contribution in [0.15, 0.2) is 0 Å². The Balaban J connectivity index is 1.96. The van der Waals surface area contributed by atoms with Crippen molar-refractivity contribution in [2.75, 3.05) is 45.8 Å². The molecule has 2 aliphatic heterocycles. The van der Waals surface area contributed by atoms with Gasteiger partial charge in [0.15, 0.2) is 0 Å². The molecule has 0 aliphatic carbocycles. The van der Waals surface area contributed by atoms with Gasteiger partial charge in [0.2, 0.25) is 0 Å². The first-order chi connectivity index (χ1) is 9.79. The zero-order valence-corrected chi connectivity index (χ0v) is 13.3. The topological polar surface area (TPSA) is 90.4 Å². The van der Waals surface area contributed by atoms with E-state index in [9.17, 15) is 13.2 Å². The van der Waals surface area contributed by atoms with Crippen LogP contribution >= 0.6 is 0 Å². The van der Waals surface area contributed by atoms with Crippen LogP contribution in [-0.4, -0.2) is 91.0 Å². The number of piperazine rings is 1. The van der Waals surface area contributed by atoms with Crippen LogP contribution in [0.2, 0.25) is 0 Å². The molecule has 2 aliphatic rings. The number of aliphatic carboxylic acids is 1. The quantitative estimate of drug-likeness (QED) is 0.717. The summed E-state index contributed by atoms with van der Waals surface area (Å²) in [5.74, 6) is -0.887. The van der Waals surface area contributed by atoms with E-state index in [4.69, 9.17) is 9.84 Å². The Hall–Kier alpha value is -0.740. The smallest absolute Gasteiger partial charge is 0.317 e. The Morgan fingerprint density at radius 1 is 1.10 bits per heavy atom. The average Bonchev–Trinajstić information content (AvgIpc) is 2.37. The van der Waals surface area contributed by atoms with Gasteiger partial charge in [0.1, 0.15) is 0 Å². The van der Waals surface area contributed by atoms with Crippen LogP contribution in [0.1, 0.15) is 13.8 Å². The lowest BCUT2D eigenvalue weighted by Gasteiger charge is -2.40. The van der Waals surface area contributed by atoms with Crippen molar-refractivity contribution in [1.29, 1.82) is 0 Å². The average molecular weight is 321 g/mol. The third kappa shape index (κ3) is 4.13. The fourth-order valence-corrected chi connectivity index (χ4v) is 4.54. The minimum Gasteiger partial charge on any atom is -0.480 e. The van der Waals surface area contributed by atoms with Crippen LogP contribution in [0, 0.1) is 0 Å². The first-order valence-corrected chi connectivity index (χ1v) is 8.53. The van der Waals surface area contributed by atoms with Gasteiger partial charge in [-0.15, -0.1) is 0 Å². The van der Waals surface area contributed by atoms with Crippen molar-refractivity contribution in [3.63, 3.8) is 0 Å². The fraction of sp³-hybridized carbons (Fsp3) is 0.917. The number of carboxylic acids is 1. The zero-order valence-electron chi connectivity index (χ0n) is 12.4. The van der Waals surface area contributed by atoms with E-state index in [0.717, 1.165) is 0 Å². The van der Waals surface area contributed by atoms with E-state index in [2.05, 4.69) is 0 Å². The molecular formula is C12H23N3O5S. The molecule has 0 spiro atoms. The summed E-state index contributed by atoms with van der Waals surface area (Å²) >= 11 is 0. The molecule has 2 rings (SSSR count). The van der Waals surface area contributed by atoms with Gasteiger partial charge in [-0.2, -0.15) is 17.0 Å². The number of hydrogen-bond acceptors (Lipinski definition) is 5. The number of hydrogen-bond donors (Lipinski definition) is 1. The minimum absolute atomic E-state index is 0.0422. The van der Waals surface area contributed by atoms with E-state index >= 15 is 0 Å². The van der Waals surface area contributed by atoms with Crippen LogP contribution in [0.5, 0.6) is 0 Å². The Morgan fingerprint density at radius 3 is 2.10 bits per heavy atom. The summed E-state index contributed by atoms with van der Waals surface area (Å²) in [4.78, 5) is 12.4. The van der Waals surface area contributed by atoms with Crippen LogP contribution in [0.3, 0.4) is 0 Å². The van der Waals surface area contributed by atoms with Crippen molar-refractivity contribution in [3.8, 4) is 0 Å². The highest BCUT2D eigenvalue weighted by Crippen LogP contribution is 2.18. The molecule has 0 aromatic carbocycles. The molecule has 0 aromatic rings. The molecule has 8 nitrogen and oxygen atoms in total. The number of carboxylic acid groups (broad SMARTS) is 1. The summed E-state index contributed by atoms with van der Waals surface area (Å²) in [6.07, 6.45) is -0.228. The first-order valence-electron chi connectivity index (χ1n) is 7.14. The van der Waals surface area contributed by atoms with E-state index in [-0.39, 0.29) is 18.8 Å². The molecule has 0 unspecified atom stereocenters. The van der Waals surface area contributed by atoms with Crippen LogP contribution < -0.4 is 0 Å². The summed E-state index contributed by atoms with van der Waals surface area (Å²) in [6, 6.07) is 0. The van der Waals surface area contributed by atoms with Gasteiger partial charge in [0, 0.05) is 39.3 Å². The molecule has 1 N–H and O–H groups in total. The minimum atomic E-state index is -3.49. The molecule has 0 radical (unpaired) electrons. The number of rotatable bonds is 4. The third-order valence-electron chi connectivity index (χ3n) is 3.73. The molecule has 9 heteroatoms. The van der Waals surface area contributed by atoms with E-state index in [0.29, 0.717) is 39.3 Å². The molecule has 122 valence electrons. The number of morpholine rings is 1. The van der Waals surface area contributed by atoms with E-state index in [1.165, 1.54) is 8.61 Å². The van der Waals surface area contributed by atoms with Gasteiger partial charge in [0.05, 0.1) is 18.8 Å². The Labute approximate surface area is 125 Å². The van der Waals surface area contributed by atoms with Crippen molar-refractivity contribution in [3.05, 3.63) is 0 Å². The molecule has 21 heavy (non-hydrogen) atoms. The molecule has 2 fully saturated rings. The van der Waals surface area contributed by atoms with Crippen molar-refractivity contribution < 1.29 is 23.1 Å². The van der Waals surface area contributed by atoms with Gasteiger partial charge in [-0.1, -0.05) is 0 Å². The molecule has 0 saturated carbocycles. The highest BCUT2D eigenvalue weighted by atomic mass is 32.2. The number of nitrogens with zero attached hydrogens (tertiary/aromatic N) is 3. The molecule has 0 amide bonds. The summed E-state index contributed by atoms with van der Waals surface area (Å²) < 4.78 is 33.7. The largest absolute Gasteiger partial charge is 0.480 e. The lowest BCUT2D eigenvalue weighted by Crippen LogP contribution is -2.57. The second-order valence-corrected chi connectivity index (χ2v) is 7.58. The van der Waals surface area contributed by atoms with E-state index in [1.807, 2.05) is 13.8 Å². The van der Waals surface area contributed by atoms with Crippen molar-refractivity contribution >= 4 is 16.2 Å². The fourth-order valence-electron chi connectivity index (χ4n) is 2.79. The lowest BCUT2D eigenvalue weighted by atomic mass is 10.3. The second kappa shape index (κ2) is 6.57. The summed E-state index contributed by atoms with van der Waals surface area (Å²) in [7, 11) is -3.49. The predicted molar refractivity (Wildman–Crippen MR) is 76.2 cm³/mol. The van der Waals surface area contributed by atoms with E-state index in [1.54, 1.807) is 4.90 Å². The molecule has 2 atom stereocenters. The number of ether oxygens (including phenoxy) is 1. The van der Waals surface area contributed by atoms with Gasteiger partial charge in [-0.25, -0.2) is 0 Å². The maximum absolute atomic E-state index is 12.6. The van der Waals surface area contributed by atoms with Crippen molar-refractivity contribution in [1.82, 2.24) is 13.5 Å². The molecule has 0 aromatic heterocycles. The van der Waals surface area contributed by atoms with Crippen molar-refractivity contribution in [2.24, 2.45) is 0 Å². The highest BCUT2D eigenvalue weighted by molar-refractivity contribution is 7.86. The van der Waals surface area contributed by atoms with Gasteiger partial charge < -0.3 is 9.84 Å².